The van der Waals surface area contributed by atoms with Gasteiger partial charge in [0, 0.05) is 12.8 Å². The number of esters is 1. The van der Waals surface area contributed by atoms with E-state index in [0.29, 0.717) is 19.4 Å². The molecular weight excluding hydrogens is 815 g/mol. The van der Waals surface area contributed by atoms with Crippen molar-refractivity contribution in [1.29, 1.82) is 0 Å². The first-order valence-corrected chi connectivity index (χ1v) is 30.0. The number of carbonyl (C=O) groups is 2. The molecule has 0 heterocycles. The lowest BCUT2D eigenvalue weighted by Gasteiger charge is -2.20. The smallest absolute Gasteiger partial charge is 0.305 e. The zero-order valence-electron chi connectivity index (χ0n) is 44.7. The largest absolute Gasteiger partial charge is 0.466 e. The summed E-state index contributed by atoms with van der Waals surface area (Å²) in [6.07, 6.45) is 66.6. The fourth-order valence-corrected chi connectivity index (χ4v) is 9.46. The van der Waals surface area contributed by atoms with E-state index in [4.69, 9.17) is 4.74 Å². The van der Waals surface area contributed by atoms with Crippen molar-refractivity contribution in [3.63, 3.8) is 0 Å². The first-order chi connectivity index (χ1) is 32.5. The predicted molar refractivity (Wildman–Crippen MR) is 287 cm³/mol. The van der Waals surface area contributed by atoms with Crippen LogP contribution in [0.4, 0.5) is 0 Å². The van der Waals surface area contributed by atoms with Crippen LogP contribution in [0.25, 0.3) is 0 Å². The van der Waals surface area contributed by atoms with E-state index in [-0.39, 0.29) is 18.5 Å². The maximum absolute atomic E-state index is 12.5. The van der Waals surface area contributed by atoms with Crippen LogP contribution in [-0.4, -0.2) is 47.4 Å². The van der Waals surface area contributed by atoms with Gasteiger partial charge in [-0.15, -0.1) is 0 Å². The number of carbonyl (C=O) groups excluding carboxylic acids is 2. The van der Waals surface area contributed by atoms with Crippen molar-refractivity contribution in [3.05, 3.63) is 12.2 Å². The SMILES string of the molecule is CCCCCCCCCCCCCCCCCC/C=C/C(O)C(CO)NC(=O)CCCCCCCCCCCCCCCOC(=O)CCCCCCCCCCCCCCCCCCCC. The first kappa shape index (κ1) is 64.6. The van der Waals surface area contributed by atoms with Crippen LogP contribution in [-0.2, 0) is 14.3 Å². The molecule has 0 bridgehead atoms. The molecule has 0 rings (SSSR count). The summed E-state index contributed by atoms with van der Waals surface area (Å²) < 4.78 is 5.49. The maximum Gasteiger partial charge on any atom is 0.305 e. The average Bonchev–Trinajstić information content (AvgIpc) is 3.32. The second-order valence-corrected chi connectivity index (χ2v) is 20.7. The Morgan fingerprint density at radius 2 is 0.697 bits per heavy atom. The molecule has 0 saturated carbocycles. The third kappa shape index (κ3) is 52.0. The summed E-state index contributed by atoms with van der Waals surface area (Å²) in [4.78, 5) is 24.6. The van der Waals surface area contributed by atoms with Crippen molar-refractivity contribution in [1.82, 2.24) is 5.32 Å². The van der Waals surface area contributed by atoms with Crippen molar-refractivity contribution in [2.45, 2.75) is 347 Å². The minimum Gasteiger partial charge on any atom is -0.466 e. The number of rotatable bonds is 56. The van der Waals surface area contributed by atoms with Crippen LogP contribution < -0.4 is 5.32 Å². The number of hydrogen-bond acceptors (Lipinski definition) is 5. The van der Waals surface area contributed by atoms with Crippen molar-refractivity contribution >= 4 is 11.9 Å². The van der Waals surface area contributed by atoms with Crippen LogP contribution in [0.3, 0.4) is 0 Å². The molecule has 66 heavy (non-hydrogen) atoms. The van der Waals surface area contributed by atoms with Gasteiger partial charge in [0.25, 0.3) is 0 Å². The fourth-order valence-electron chi connectivity index (χ4n) is 9.46. The number of ether oxygens (including phenoxy) is 1. The first-order valence-electron chi connectivity index (χ1n) is 30.0. The highest BCUT2D eigenvalue weighted by molar-refractivity contribution is 5.76. The van der Waals surface area contributed by atoms with Crippen LogP contribution in [0.2, 0.25) is 0 Å². The van der Waals surface area contributed by atoms with E-state index in [9.17, 15) is 19.8 Å². The normalized spacial score (nSPS) is 12.6. The number of allylic oxidation sites excluding steroid dienone is 1. The number of amides is 1. The van der Waals surface area contributed by atoms with Gasteiger partial charge in [0.05, 0.1) is 25.4 Å². The number of unbranched alkanes of at least 4 members (excludes halogenated alkanes) is 45. The molecule has 392 valence electrons. The maximum atomic E-state index is 12.5. The molecule has 0 fully saturated rings. The summed E-state index contributed by atoms with van der Waals surface area (Å²) in [5.74, 6) is -0.0791. The molecule has 3 N–H and O–H groups in total. The molecule has 6 heteroatoms. The summed E-state index contributed by atoms with van der Waals surface area (Å²) in [6, 6.07) is -0.637. The highest BCUT2D eigenvalue weighted by Gasteiger charge is 2.18. The van der Waals surface area contributed by atoms with E-state index in [1.165, 1.54) is 250 Å². The summed E-state index contributed by atoms with van der Waals surface area (Å²) >= 11 is 0. The standard InChI is InChI=1S/C60H117NO5/c1-3-5-7-9-11-13-15-17-19-21-23-25-28-32-36-40-44-48-52-58(63)57(56-62)61-59(64)53-49-45-41-37-33-29-27-31-35-39-43-47-51-55-66-60(65)54-50-46-42-38-34-30-26-24-22-20-18-16-14-12-10-8-6-4-2/h48,52,57-58,62-63H,3-47,49-51,53-56H2,1-2H3,(H,61,64)/b52-48+. The second-order valence-electron chi connectivity index (χ2n) is 20.7. The lowest BCUT2D eigenvalue weighted by molar-refractivity contribution is -0.143. The molecule has 0 aliphatic heterocycles. The number of hydrogen-bond donors (Lipinski definition) is 3. The molecule has 0 aromatic rings. The van der Waals surface area contributed by atoms with E-state index in [1.54, 1.807) is 6.08 Å². The van der Waals surface area contributed by atoms with E-state index >= 15 is 0 Å². The molecule has 0 radical (unpaired) electrons. The third-order valence-electron chi connectivity index (χ3n) is 14.1. The van der Waals surface area contributed by atoms with Crippen molar-refractivity contribution in [2.75, 3.05) is 13.2 Å². The third-order valence-corrected chi connectivity index (χ3v) is 14.1. The highest BCUT2D eigenvalue weighted by atomic mass is 16.5. The van der Waals surface area contributed by atoms with Gasteiger partial charge < -0.3 is 20.3 Å². The molecule has 0 aliphatic rings. The van der Waals surface area contributed by atoms with Gasteiger partial charge >= 0.3 is 5.97 Å². The molecule has 6 nitrogen and oxygen atoms in total. The van der Waals surface area contributed by atoms with Crippen LogP contribution in [0.1, 0.15) is 335 Å². The van der Waals surface area contributed by atoms with Gasteiger partial charge in [-0.1, -0.05) is 302 Å². The lowest BCUT2D eigenvalue weighted by Crippen LogP contribution is -2.45. The zero-order valence-corrected chi connectivity index (χ0v) is 44.7. The quantitative estimate of drug-likeness (QED) is 0.0321. The monoisotopic (exact) mass is 932 g/mol. The van der Waals surface area contributed by atoms with E-state index in [1.807, 2.05) is 6.08 Å². The van der Waals surface area contributed by atoms with Gasteiger partial charge in [0.15, 0.2) is 0 Å². The van der Waals surface area contributed by atoms with Gasteiger partial charge in [0.2, 0.25) is 5.91 Å². The second kappa shape index (κ2) is 56.2. The molecule has 2 unspecified atom stereocenters. The number of aliphatic hydroxyl groups excluding tert-OH is 2. The van der Waals surface area contributed by atoms with Gasteiger partial charge in [-0.3, -0.25) is 9.59 Å². The Hall–Kier alpha value is -1.40. The Kier molecular flexibility index (Phi) is 55.0. The Morgan fingerprint density at radius 1 is 0.409 bits per heavy atom. The van der Waals surface area contributed by atoms with E-state index < -0.39 is 12.1 Å². The van der Waals surface area contributed by atoms with Crippen LogP contribution in [0, 0.1) is 0 Å². The zero-order chi connectivity index (χ0) is 47.9. The average molecular weight is 933 g/mol. The van der Waals surface area contributed by atoms with Crippen molar-refractivity contribution in [3.8, 4) is 0 Å². The lowest BCUT2D eigenvalue weighted by atomic mass is 10.0. The summed E-state index contributed by atoms with van der Waals surface area (Å²) in [7, 11) is 0. The molecule has 2 atom stereocenters. The van der Waals surface area contributed by atoms with Gasteiger partial charge in [-0.05, 0) is 32.1 Å². The van der Waals surface area contributed by atoms with Gasteiger partial charge in [-0.2, -0.15) is 0 Å². The van der Waals surface area contributed by atoms with Crippen LogP contribution >= 0.6 is 0 Å². The van der Waals surface area contributed by atoms with Gasteiger partial charge in [0.1, 0.15) is 0 Å². The Balaban J connectivity index is 3.45. The van der Waals surface area contributed by atoms with Crippen molar-refractivity contribution in [2.24, 2.45) is 0 Å². The highest BCUT2D eigenvalue weighted by Crippen LogP contribution is 2.18. The molecular formula is C60H117NO5. The van der Waals surface area contributed by atoms with E-state index in [0.717, 1.165) is 57.8 Å². The molecule has 0 aliphatic carbocycles. The van der Waals surface area contributed by atoms with E-state index in [2.05, 4.69) is 19.2 Å². The predicted octanol–water partition coefficient (Wildman–Crippen LogP) is 18.5. The fraction of sp³-hybridized carbons (Fsp3) is 0.933. The Morgan fingerprint density at radius 3 is 1.03 bits per heavy atom. The van der Waals surface area contributed by atoms with Gasteiger partial charge in [-0.25, -0.2) is 0 Å². The number of nitrogens with one attached hydrogen (secondary N) is 1. The van der Waals surface area contributed by atoms with Crippen LogP contribution in [0.5, 0.6) is 0 Å². The van der Waals surface area contributed by atoms with Crippen molar-refractivity contribution < 1.29 is 24.5 Å². The molecule has 0 aromatic carbocycles. The molecule has 1 amide bonds. The minimum absolute atomic E-state index is 0.00166. The number of aliphatic hydroxyl groups is 2. The summed E-state index contributed by atoms with van der Waals surface area (Å²) in [5.41, 5.74) is 0. The summed E-state index contributed by atoms with van der Waals surface area (Å²) in [6.45, 7) is 4.91. The molecule has 0 aromatic heterocycles. The topological polar surface area (TPSA) is 95.9 Å². The Labute approximate surface area is 412 Å². The molecule has 0 spiro atoms. The summed E-state index contributed by atoms with van der Waals surface area (Å²) in [5, 5.41) is 23.1. The minimum atomic E-state index is -0.852. The van der Waals surface area contributed by atoms with Crippen LogP contribution in [0.15, 0.2) is 12.2 Å². The molecule has 0 saturated heterocycles. The Bertz CT molecular complexity index is 986.